The van der Waals surface area contributed by atoms with Gasteiger partial charge in [0.25, 0.3) is 0 Å². The predicted molar refractivity (Wildman–Crippen MR) is 66.2 cm³/mol. The lowest BCUT2D eigenvalue weighted by Crippen LogP contribution is -2.33. The summed E-state index contributed by atoms with van der Waals surface area (Å²) in [5, 5.41) is 4.56. The Kier molecular flexibility index (Phi) is 7.88. The quantitative estimate of drug-likeness (QED) is 0.565. The van der Waals surface area contributed by atoms with Gasteiger partial charge in [-0.3, -0.25) is 0 Å². The number of ether oxygens (including phenoxy) is 1. The minimum atomic E-state index is -0.0151. The fourth-order valence-electron chi connectivity index (χ4n) is 1.20. The van der Waals surface area contributed by atoms with Crippen molar-refractivity contribution >= 4 is 15.9 Å². The molecule has 14 heavy (non-hydrogen) atoms. The topological polar surface area (TPSA) is 21.3 Å². The summed E-state index contributed by atoms with van der Waals surface area (Å²) in [6, 6.07) is 0.623. The van der Waals surface area contributed by atoms with Gasteiger partial charge in [0.05, 0.1) is 12.2 Å². The summed E-state index contributed by atoms with van der Waals surface area (Å²) >= 11 is 3.46. The molecule has 0 radical (unpaired) electrons. The summed E-state index contributed by atoms with van der Waals surface area (Å²) in [4.78, 5) is 0. The van der Waals surface area contributed by atoms with Crippen molar-refractivity contribution in [2.45, 2.75) is 52.2 Å². The molecule has 1 N–H and O–H groups in total. The smallest absolute Gasteiger partial charge is 0.0599 e. The zero-order valence-electron chi connectivity index (χ0n) is 9.90. The van der Waals surface area contributed by atoms with Crippen LogP contribution in [0.1, 0.15) is 40.5 Å². The van der Waals surface area contributed by atoms with E-state index in [1.54, 1.807) is 0 Å². The van der Waals surface area contributed by atoms with Crippen molar-refractivity contribution in [3.8, 4) is 0 Å². The first-order chi connectivity index (χ1) is 6.49. The summed E-state index contributed by atoms with van der Waals surface area (Å²) in [5.41, 5.74) is -0.0151. The third kappa shape index (κ3) is 8.97. The average Bonchev–Trinajstić information content (AvgIpc) is 2.08. The van der Waals surface area contributed by atoms with Crippen LogP contribution in [-0.4, -0.2) is 30.1 Å². The van der Waals surface area contributed by atoms with Gasteiger partial charge in [0.15, 0.2) is 0 Å². The maximum Gasteiger partial charge on any atom is 0.0599 e. The Hall–Kier alpha value is 0.400. The van der Waals surface area contributed by atoms with Crippen LogP contribution in [-0.2, 0) is 4.74 Å². The monoisotopic (exact) mass is 265 g/mol. The van der Waals surface area contributed by atoms with Gasteiger partial charge >= 0.3 is 0 Å². The second-order valence-corrected chi connectivity index (χ2v) is 5.29. The largest absolute Gasteiger partial charge is 0.375 e. The first-order valence-electron chi connectivity index (χ1n) is 5.43. The molecule has 0 rings (SSSR count). The normalized spacial score (nSPS) is 14.4. The van der Waals surface area contributed by atoms with Crippen LogP contribution in [0.5, 0.6) is 0 Å². The molecule has 3 heteroatoms. The van der Waals surface area contributed by atoms with Gasteiger partial charge in [0.1, 0.15) is 0 Å². The van der Waals surface area contributed by atoms with Crippen LogP contribution in [0.3, 0.4) is 0 Å². The molecule has 0 aromatic carbocycles. The van der Waals surface area contributed by atoms with Gasteiger partial charge in [-0.15, -0.1) is 0 Å². The Labute approximate surface area is 96.9 Å². The van der Waals surface area contributed by atoms with Crippen LogP contribution < -0.4 is 5.32 Å². The number of hydrogen-bond acceptors (Lipinski definition) is 2. The van der Waals surface area contributed by atoms with Crippen molar-refractivity contribution < 1.29 is 4.74 Å². The van der Waals surface area contributed by atoms with Gasteiger partial charge in [-0.25, -0.2) is 0 Å². The molecular weight excluding hydrogens is 242 g/mol. The van der Waals surface area contributed by atoms with Gasteiger partial charge < -0.3 is 10.1 Å². The first kappa shape index (κ1) is 14.4. The number of alkyl halides is 1. The molecule has 2 nitrogen and oxygen atoms in total. The van der Waals surface area contributed by atoms with Crippen LogP contribution in [0, 0.1) is 0 Å². The van der Waals surface area contributed by atoms with Crippen molar-refractivity contribution in [3.63, 3.8) is 0 Å². The zero-order chi connectivity index (χ0) is 11.0. The molecule has 0 aliphatic heterocycles. The maximum atomic E-state index is 5.63. The van der Waals surface area contributed by atoms with Crippen molar-refractivity contribution in [1.29, 1.82) is 0 Å². The number of rotatable bonds is 7. The van der Waals surface area contributed by atoms with Crippen molar-refractivity contribution in [3.05, 3.63) is 0 Å². The van der Waals surface area contributed by atoms with Crippen LogP contribution in [0.25, 0.3) is 0 Å². The predicted octanol–water partition coefficient (Wildman–Crippen LogP) is 2.95. The Morgan fingerprint density at radius 1 is 1.36 bits per heavy atom. The lowest BCUT2D eigenvalue weighted by molar-refractivity contribution is -0.00167. The van der Waals surface area contributed by atoms with E-state index >= 15 is 0 Å². The number of halogens is 1. The van der Waals surface area contributed by atoms with Crippen LogP contribution in [0.2, 0.25) is 0 Å². The third-order valence-electron chi connectivity index (χ3n) is 2.02. The molecule has 0 saturated heterocycles. The summed E-state index contributed by atoms with van der Waals surface area (Å²) in [6.45, 7) is 10.2. The van der Waals surface area contributed by atoms with Crippen molar-refractivity contribution in [2.75, 3.05) is 18.5 Å². The van der Waals surface area contributed by atoms with E-state index in [0.717, 1.165) is 18.5 Å². The maximum absolute atomic E-state index is 5.63. The van der Waals surface area contributed by atoms with Crippen LogP contribution in [0.4, 0.5) is 0 Å². The summed E-state index contributed by atoms with van der Waals surface area (Å²) in [5.74, 6) is 0. The Bertz CT molecular complexity index is 134. The highest BCUT2D eigenvalue weighted by atomic mass is 79.9. The number of nitrogens with one attached hydrogen (secondary N) is 1. The second-order valence-electron chi connectivity index (χ2n) is 4.50. The second kappa shape index (κ2) is 7.66. The van der Waals surface area contributed by atoms with E-state index in [-0.39, 0.29) is 5.60 Å². The summed E-state index contributed by atoms with van der Waals surface area (Å²) in [7, 11) is 0. The molecule has 0 bridgehead atoms. The SMILES string of the molecule is CCC(CCBr)NCCOC(C)(C)C. The summed E-state index contributed by atoms with van der Waals surface area (Å²) in [6.07, 6.45) is 2.37. The fourth-order valence-corrected chi connectivity index (χ4v) is 1.76. The molecular formula is C11H24BrNO. The van der Waals surface area contributed by atoms with E-state index in [1.807, 2.05) is 0 Å². The molecule has 0 aliphatic rings. The highest BCUT2D eigenvalue weighted by molar-refractivity contribution is 9.09. The molecule has 0 amide bonds. The van der Waals surface area contributed by atoms with Crippen LogP contribution in [0.15, 0.2) is 0 Å². The molecule has 0 aliphatic carbocycles. The van der Waals surface area contributed by atoms with Gasteiger partial charge in [0, 0.05) is 17.9 Å². The molecule has 0 heterocycles. The molecule has 0 spiro atoms. The van der Waals surface area contributed by atoms with Gasteiger partial charge in [-0.2, -0.15) is 0 Å². The van der Waals surface area contributed by atoms with E-state index in [4.69, 9.17) is 4.74 Å². The summed E-state index contributed by atoms with van der Waals surface area (Å²) < 4.78 is 5.63. The van der Waals surface area contributed by atoms with E-state index in [2.05, 4.69) is 48.9 Å². The van der Waals surface area contributed by atoms with Gasteiger partial charge in [-0.05, 0) is 33.6 Å². The number of hydrogen-bond donors (Lipinski definition) is 1. The van der Waals surface area contributed by atoms with E-state index in [0.29, 0.717) is 6.04 Å². The lowest BCUT2D eigenvalue weighted by atomic mass is 10.2. The Morgan fingerprint density at radius 3 is 2.43 bits per heavy atom. The van der Waals surface area contributed by atoms with Gasteiger partial charge in [0.2, 0.25) is 0 Å². The van der Waals surface area contributed by atoms with E-state index in [1.165, 1.54) is 12.8 Å². The molecule has 0 saturated carbocycles. The highest BCUT2D eigenvalue weighted by Gasteiger charge is 2.09. The first-order valence-corrected chi connectivity index (χ1v) is 6.55. The standard InChI is InChI=1S/C11H24BrNO/c1-5-10(6-7-12)13-8-9-14-11(2,3)4/h10,13H,5-9H2,1-4H3. The fraction of sp³-hybridized carbons (Fsp3) is 1.00. The van der Waals surface area contributed by atoms with E-state index < -0.39 is 0 Å². The minimum absolute atomic E-state index is 0.0151. The minimum Gasteiger partial charge on any atom is -0.375 e. The van der Waals surface area contributed by atoms with E-state index in [9.17, 15) is 0 Å². The highest BCUT2D eigenvalue weighted by Crippen LogP contribution is 2.05. The van der Waals surface area contributed by atoms with Crippen molar-refractivity contribution in [2.24, 2.45) is 0 Å². The molecule has 1 unspecified atom stereocenters. The lowest BCUT2D eigenvalue weighted by Gasteiger charge is -2.21. The molecule has 1 atom stereocenters. The zero-order valence-corrected chi connectivity index (χ0v) is 11.5. The van der Waals surface area contributed by atoms with Crippen LogP contribution >= 0.6 is 15.9 Å². The Morgan fingerprint density at radius 2 is 2.00 bits per heavy atom. The van der Waals surface area contributed by atoms with Crippen molar-refractivity contribution in [1.82, 2.24) is 5.32 Å². The molecule has 0 aromatic rings. The molecule has 86 valence electrons. The average molecular weight is 266 g/mol. The molecule has 0 aromatic heterocycles. The van der Waals surface area contributed by atoms with Gasteiger partial charge in [-0.1, -0.05) is 22.9 Å². The molecule has 0 fully saturated rings. The Balaban J connectivity index is 3.42. The third-order valence-corrected chi connectivity index (χ3v) is 2.48.